The summed E-state index contributed by atoms with van der Waals surface area (Å²) in [6.07, 6.45) is 0. The van der Waals surface area contributed by atoms with Crippen LogP contribution < -0.4 is 14.8 Å². The lowest BCUT2D eigenvalue weighted by atomic mass is 10.3. The van der Waals surface area contributed by atoms with E-state index < -0.39 is 22.0 Å². The zero-order valence-corrected chi connectivity index (χ0v) is 13.0. The lowest BCUT2D eigenvalue weighted by molar-refractivity contribution is -0.122. The second kappa shape index (κ2) is 6.92. The van der Waals surface area contributed by atoms with E-state index in [9.17, 15) is 13.2 Å². The predicted octanol–water partition coefficient (Wildman–Crippen LogP) is 1.15. The molecule has 0 saturated heterocycles. The van der Waals surface area contributed by atoms with Gasteiger partial charge in [0, 0.05) is 11.6 Å². The van der Waals surface area contributed by atoms with Crippen molar-refractivity contribution in [2.75, 3.05) is 13.7 Å². The Morgan fingerprint density at radius 1 is 1.45 bits per heavy atom. The van der Waals surface area contributed by atoms with Gasteiger partial charge in [-0.1, -0.05) is 11.6 Å². The SMILES string of the molecule is CCNC(=O)[C@@H](C)NS(=O)(=O)c1cc(Cl)ccc1OC. The Kier molecular flexibility index (Phi) is 5.79. The third-order valence-corrected chi connectivity index (χ3v) is 4.29. The highest BCUT2D eigenvalue weighted by atomic mass is 35.5. The molecule has 0 heterocycles. The average Bonchev–Trinajstić information content (AvgIpc) is 2.38. The van der Waals surface area contributed by atoms with E-state index in [0.29, 0.717) is 6.54 Å². The topological polar surface area (TPSA) is 84.5 Å². The van der Waals surface area contributed by atoms with Crippen LogP contribution in [0.1, 0.15) is 13.8 Å². The van der Waals surface area contributed by atoms with Crippen molar-refractivity contribution >= 4 is 27.5 Å². The van der Waals surface area contributed by atoms with Gasteiger partial charge in [0.15, 0.2) is 0 Å². The largest absolute Gasteiger partial charge is 0.495 e. The number of carbonyl (C=O) groups excluding carboxylic acids is 1. The predicted molar refractivity (Wildman–Crippen MR) is 76.5 cm³/mol. The fourth-order valence-corrected chi connectivity index (χ4v) is 3.17. The minimum Gasteiger partial charge on any atom is -0.495 e. The van der Waals surface area contributed by atoms with Crippen LogP contribution in [0.2, 0.25) is 5.02 Å². The summed E-state index contributed by atoms with van der Waals surface area (Å²) in [5, 5.41) is 2.80. The van der Waals surface area contributed by atoms with Crippen LogP contribution in [0.3, 0.4) is 0 Å². The van der Waals surface area contributed by atoms with E-state index in [1.165, 1.54) is 32.2 Å². The maximum Gasteiger partial charge on any atom is 0.245 e. The van der Waals surface area contributed by atoms with E-state index in [0.717, 1.165) is 0 Å². The number of hydrogen-bond acceptors (Lipinski definition) is 4. The van der Waals surface area contributed by atoms with Crippen LogP contribution in [0.4, 0.5) is 0 Å². The number of ether oxygens (including phenoxy) is 1. The molecular weight excluding hydrogens is 304 g/mol. The first-order chi connectivity index (χ1) is 9.31. The molecule has 20 heavy (non-hydrogen) atoms. The van der Waals surface area contributed by atoms with E-state index in [4.69, 9.17) is 16.3 Å². The fourth-order valence-electron chi connectivity index (χ4n) is 1.54. The summed E-state index contributed by atoms with van der Waals surface area (Å²) < 4.78 is 31.8. The second-order valence-electron chi connectivity index (χ2n) is 4.03. The van der Waals surface area contributed by atoms with E-state index in [1.54, 1.807) is 6.92 Å². The van der Waals surface area contributed by atoms with Crippen LogP contribution >= 0.6 is 11.6 Å². The number of sulfonamides is 1. The summed E-state index contributed by atoms with van der Waals surface area (Å²) in [6.45, 7) is 3.63. The number of nitrogens with one attached hydrogen (secondary N) is 2. The Hall–Kier alpha value is -1.31. The smallest absolute Gasteiger partial charge is 0.245 e. The summed E-state index contributed by atoms with van der Waals surface area (Å²) in [4.78, 5) is 11.5. The average molecular weight is 321 g/mol. The highest BCUT2D eigenvalue weighted by molar-refractivity contribution is 7.89. The van der Waals surface area contributed by atoms with Crippen molar-refractivity contribution in [1.29, 1.82) is 0 Å². The molecule has 0 aliphatic heterocycles. The van der Waals surface area contributed by atoms with E-state index in [1.807, 2.05) is 0 Å². The van der Waals surface area contributed by atoms with Crippen molar-refractivity contribution in [1.82, 2.24) is 10.0 Å². The maximum atomic E-state index is 12.3. The molecule has 1 atom stereocenters. The number of halogens is 1. The summed E-state index contributed by atoms with van der Waals surface area (Å²) in [6, 6.07) is 3.34. The molecule has 0 aliphatic carbocycles. The number of carbonyl (C=O) groups is 1. The number of rotatable bonds is 6. The van der Waals surface area contributed by atoms with Gasteiger partial charge in [-0.15, -0.1) is 0 Å². The van der Waals surface area contributed by atoms with Crippen molar-refractivity contribution < 1.29 is 17.9 Å². The number of amides is 1. The summed E-state index contributed by atoms with van der Waals surface area (Å²) in [7, 11) is -2.55. The van der Waals surface area contributed by atoms with Crippen LogP contribution in [0.15, 0.2) is 23.1 Å². The first-order valence-electron chi connectivity index (χ1n) is 5.95. The number of methoxy groups -OCH3 is 1. The molecule has 0 saturated carbocycles. The Morgan fingerprint density at radius 3 is 2.65 bits per heavy atom. The van der Waals surface area contributed by atoms with Crippen LogP contribution in [-0.4, -0.2) is 34.0 Å². The molecule has 0 unspecified atom stereocenters. The molecule has 0 aliphatic rings. The molecule has 0 aromatic heterocycles. The van der Waals surface area contributed by atoms with Crippen molar-refractivity contribution in [3.63, 3.8) is 0 Å². The number of benzene rings is 1. The summed E-state index contributed by atoms with van der Waals surface area (Å²) in [5.41, 5.74) is 0. The number of hydrogen-bond donors (Lipinski definition) is 2. The standard InChI is InChI=1S/C12H17ClN2O4S/c1-4-14-12(16)8(2)15-20(17,18)11-7-9(13)5-6-10(11)19-3/h5-8,15H,4H2,1-3H3,(H,14,16)/t8-/m1/s1. The molecule has 1 aromatic carbocycles. The molecule has 0 fully saturated rings. The van der Waals surface area contributed by atoms with Crippen LogP contribution in [0.25, 0.3) is 0 Å². The monoisotopic (exact) mass is 320 g/mol. The molecule has 1 rings (SSSR count). The molecule has 1 amide bonds. The van der Waals surface area contributed by atoms with Gasteiger partial charge in [-0.2, -0.15) is 4.72 Å². The quantitative estimate of drug-likeness (QED) is 0.823. The molecule has 8 heteroatoms. The minimum atomic E-state index is -3.91. The van der Waals surface area contributed by atoms with E-state index in [2.05, 4.69) is 10.0 Å². The molecule has 6 nitrogen and oxygen atoms in total. The molecular formula is C12H17ClN2O4S. The van der Waals surface area contributed by atoms with Gasteiger partial charge in [0.2, 0.25) is 15.9 Å². The first kappa shape index (κ1) is 16.7. The lowest BCUT2D eigenvalue weighted by Gasteiger charge is -2.15. The molecule has 0 spiro atoms. The molecule has 2 N–H and O–H groups in total. The molecule has 112 valence electrons. The van der Waals surface area contributed by atoms with Gasteiger partial charge >= 0.3 is 0 Å². The molecule has 0 radical (unpaired) electrons. The second-order valence-corrected chi connectivity index (χ2v) is 6.15. The van der Waals surface area contributed by atoms with Gasteiger partial charge in [0.05, 0.1) is 13.2 Å². The Morgan fingerprint density at radius 2 is 2.10 bits per heavy atom. The highest BCUT2D eigenvalue weighted by Crippen LogP contribution is 2.26. The van der Waals surface area contributed by atoms with Crippen molar-refractivity contribution in [3.8, 4) is 5.75 Å². The maximum absolute atomic E-state index is 12.3. The Labute approximate surface area is 123 Å². The molecule has 1 aromatic rings. The zero-order valence-electron chi connectivity index (χ0n) is 11.4. The lowest BCUT2D eigenvalue weighted by Crippen LogP contribution is -2.44. The highest BCUT2D eigenvalue weighted by Gasteiger charge is 2.25. The summed E-state index contributed by atoms with van der Waals surface area (Å²) in [5.74, 6) is -0.248. The normalized spacial score (nSPS) is 12.8. The third kappa shape index (κ3) is 4.09. The van der Waals surface area contributed by atoms with E-state index in [-0.39, 0.29) is 15.7 Å². The van der Waals surface area contributed by atoms with E-state index >= 15 is 0 Å². The zero-order chi connectivity index (χ0) is 15.3. The van der Waals surface area contributed by atoms with Crippen LogP contribution in [0, 0.1) is 0 Å². The fraction of sp³-hybridized carbons (Fsp3) is 0.417. The van der Waals surface area contributed by atoms with Crippen molar-refractivity contribution in [2.24, 2.45) is 0 Å². The van der Waals surface area contributed by atoms with Gasteiger partial charge in [-0.25, -0.2) is 8.42 Å². The first-order valence-corrected chi connectivity index (χ1v) is 7.81. The van der Waals surface area contributed by atoms with Gasteiger partial charge in [0.1, 0.15) is 10.6 Å². The Bertz CT molecular complexity index is 589. The third-order valence-electron chi connectivity index (χ3n) is 2.49. The van der Waals surface area contributed by atoms with Gasteiger partial charge in [0.25, 0.3) is 0 Å². The number of likely N-dealkylation sites (N-methyl/N-ethyl adjacent to an activating group) is 1. The van der Waals surface area contributed by atoms with Crippen molar-refractivity contribution in [2.45, 2.75) is 24.8 Å². The van der Waals surface area contributed by atoms with Gasteiger partial charge in [-0.3, -0.25) is 4.79 Å². The molecule has 0 bridgehead atoms. The Balaban J connectivity index is 3.05. The minimum absolute atomic E-state index is 0.108. The van der Waals surface area contributed by atoms with Gasteiger partial charge < -0.3 is 10.1 Å². The summed E-state index contributed by atoms with van der Waals surface area (Å²) >= 11 is 5.80. The van der Waals surface area contributed by atoms with Crippen LogP contribution in [0.5, 0.6) is 5.75 Å². The van der Waals surface area contributed by atoms with Crippen LogP contribution in [-0.2, 0) is 14.8 Å². The van der Waals surface area contributed by atoms with Crippen molar-refractivity contribution in [3.05, 3.63) is 23.2 Å². The van der Waals surface area contributed by atoms with Gasteiger partial charge in [-0.05, 0) is 32.0 Å².